The molecule has 2 aromatic rings. The molecule has 1 atom stereocenters. The van der Waals surface area contributed by atoms with Crippen molar-refractivity contribution in [3.8, 4) is 0 Å². The summed E-state index contributed by atoms with van der Waals surface area (Å²) in [5.41, 5.74) is 0.586. The highest BCUT2D eigenvalue weighted by molar-refractivity contribution is 6.31. The fourth-order valence-corrected chi connectivity index (χ4v) is 3.65. The summed E-state index contributed by atoms with van der Waals surface area (Å²) in [5.74, 6) is 2.17. The average molecular weight is 361 g/mol. The average Bonchev–Trinajstić information content (AvgIpc) is 3.44. The van der Waals surface area contributed by atoms with E-state index in [9.17, 15) is 4.39 Å². The molecule has 4 nitrogen and oxygen atoms in total. The number of rotatable bonds is 5. The maximum atomic E-state index is 14.0. The topological polar surface area (TPSA) is 41.0 Å². The van der Waals surface area contributed by atoms with Crippen LogP contribution in [-0.4, -0.2) is 34.0 Å². The first-order chi connectivity index (χ1) is 12.2. The van der Waals surface area contributed by atoms with Crippen LogP contribution in [0.1, 0.15) is 43.0 Å². The number of hydrogen-bond acceptors (Lipinski definition) is 4. The molecule has 0 bridgehead atoms. The van der Waals surface area contributed by atoms with E-state index in [0.29, 0.717) is 29.1 Å². The monoisotopic (exact) mass is 360 g/mol. The number of halogens is 2. The summed E-state index contributed by atoms with van der Waals surface area (Å²) in [7, 11) is 0. The summed E-state index contributed by atoms with van der Waals surface area (Å²) in [4.78, 5) is 11.3. The minimum atomic E-state index is -0.229. The third kappa shape index (κ3) is 4.10. The molecule has 0 amide bonds. The molecule has 0 spiro atoms. The Morgan fingerprint density at radius 1 is 1.24 bits per heavy atom. The quantitative estimate of drug-likeness (QED) is 0.866. The van der Waals surface area contributed by atoms with Crippen LogP contribution in [0.4, 0.5) is 10.2 Å². The van der Waals surface area contributed by atoms with Gasteiger partial charge in [0, 0.05) is 41.8 Å². The lowest BCUT2D eigenvalue weighted by Gasteiger charge is -2.33. The Bertz CT molecular complexity index is 730. The molecule has 1 aliphatic carbocycles. The second-order valence-corrected chi connectivity index (χ2v) is 7.40. The second kappa shape index (κ2) is 7.26. The largest absolute Gasteiger partial charge is 0.366 e. The third-order valence-electron chi connectivity index (χ3n) is 4.92. The zero-order valence-corrected chi connectivity index (χ0v) is 14.8. The van der Waals surface area contributed by atoms with Gasteiger partial charge < -0.3 is 5.32 Å². The highest BCUT2D eigenvalue weighted by Gasteiger charge is 2.27. The number of piperidine rings is 1. The molecule has 1 unspecified atom stereocenters. The lowest BCUT2D eigenvalue weighted by Crippen LogP contribution is -2.42. The normalized spacial score (nSPS) is 21.3. The summed E-state index contributed by atoms with van der Waals surface area (Å²) >= 11 is 6.17. The fourth-order valence-electron chi connectivity index (χ4n) is 3.43. The summed E-state index contributed by atoms with van der Waals surface area (Å²) in [6.07, 6.45) is 6.39. The molecule has 4 rings (SSSR count). The van der Waals surface area contributed by atoms with Gasteiger partial charge in [-0.2, -0.15) is 0 Å². The van der Waals surface area contributed by atoms with Crippen LogP contribution in [0, 0.1) is 5.82 Å². The smallest absolute Gasteiger partial charge is 0.133 e. The number of nitrogens with one attached hydrogen (secondary N) is 1. The van der Waals surface area contributed by atoms with Gasteiger partial charge in [0.15, 0.2) is 0 Å². The molecule has 1 aliphatic heterocycles. The van der Waals surface area contributed by atoms with Crippen LogP contribution in [0.2, 0.25) is 5.02 Å². The number of hydrogen-bond donors (Lipinski definition) is 1. The van der Waals surface area contributed by atoms with Crippen LogP contribution in [0.25, 0.3) is 0 Å². The zero-order chi connectivity index (χ0) is 17.2. The molecule has 1 saturated heterocycles. The zero-order valence-electron chi connectivity index (χ0n) is 14.1. The lowest BCUT2D eigenvalue weighted by molar-refractivity contribution is 0.206. The summed E-state index contributed by atoms with van der Waals surface area (Å²) in [5, 5.41) is 4.03. The van der Waals surface area contributed by atoms with Crippen LogP contribution in [-0.2, 0) is 6.54 Å². The Balaban J connectivity index is 1.40. The summed E-state index contributed by atoms with van der Waals surface area (Å²) < 4.78 is 14.0. The van der Waals surface area contributed by atoms with Crippen LogP contribution < -0.4 is 5.32 Å². The van der Waals surface area contributed by atoms with Crippen molar-refractivity contribution < 1.29 is 4.39 Å². The predicted octanol–water partition coefficient (Wildman–Crippen LogP) is 4.22. The van der Waals surface area contributed by atoms with Gasteiger partial charge in [-0.3, -0.25) is 4.90 Å². The number of likely N-dealkylation sites (tertiary alicyclic amines) is 1. The number of anilines is 1. The van der Waals surface area contributed by atoms with Crippen LogP contribution >= 0.6 is 11.6 Å². The van der Waals surface area contributed by atoms with Gasteiger partial charge in [0.25, 0.3) is 0 Å². The predicted molar refractivity (Wildman–Crippen MR) is 97.3 cm³/mol. The van der Waals surface area contributed by atoms with Gasteiger partial charge >= 0.3 is 0 Å². The van der Waals surface area contributed by atoms with Crippen molar-refractivity contribution in [2.75, 3.05) is 18.4 Å². The fraction of sp³-hybridized carbons (Fsp3) is 0.474. The van der Waals surface area contributed by atoms with E-state index < -0.39 is 0 Å². The van der Waals surface area contributed by atoms with Crippen molar-refractivity contribution in [1.82, 2.24) is 14.9 Å². The molecule has 2 aliphatic rings. The second-order valence-electron chi connectivity index (χ2n) is 6.99. The maximum absolute atomic E-state index is 14.0. The molecule has 1 aromatic carbocycles. The van der Waals surface area contributed by atoms with Crippen LogP contribution in [0.5, 0.6) is 0 Å². The van der Waals surface area contributed by atoms with Gasteiger partial charge in [-0.25, -0.2) is 14.4 Å². The molecule has 1 N–H and O–H groups in total. The van der Waals surface area contributed by atoms with Crippen molar-refractivity contribution in [1.29, 1.82) is 0 Å². The van der Waals surface area contributed by atoms with Gasteiger partial charge in [0.1, 0.15) is 17.5 Å². The van der Waals surface area contributed by atoms with Crippen molar-refractivity contribution in [3.05, 3.63) is 52.7 Å². The highest BCUT2D eigenvalue weighted by atomic mass is 35.5. The standard InChI is InChI=1S/C19H22ClFN4/c20-16-4-1-5-17(21)15(16)12-25-10-2-3-14(11-25)23-18-8-9-22-19(24-18)13-6-7-13/h1,4-5,8-9,13-14H,2-3,6-7,10-12H2,(H,22,23,24). The van der Waals surface area contributed by atoms with Crippen molar-refractivity contribution in [2.45, 2.75) is 44.2 Å². The van der Waals surface area contributed by atoms with E-state index in [4.69, 9.17) is 11.6 Å². The first-order valence-electron chi connectivity index (χ1n) is 8.94. The van der Waals surface area contributed by atoms with Gasteiger partial charge in [-0.1, -0.05) is 17.7 Å². The molecular formula is C19H22ClFN4. The van der Waals surface area contributed by atoms with Gasteiger partial charge in [-0.05, 0) is 50.4 Å². The number of nitrogens with zero attached hydrogens (tertiary/aromatic N) is 3. The molecule has 2 fully saturated rings. The van der Waals surface area contributed by atoms with E-state index in [1.165, 1.54) is 18.9 Å². The van der Waals surface area contributed by atoms with Crippen molar-refractivity contribution in [2.24, 2.45) is 0 Å². The highest BCUT2D eigenvalue weighted by Crippen LogP contribution is 2.38. The molecule has 132 valence electrons. The van der Waals surface area contributed by atoms with E-state index in [0.717, 1.165) is 37.6 Å². The molecule has 1 aromatic heterocycles. The number of aromatic nitrogens is 2. The molecule has 0 radical (unpaired) electrons. The number of benzene rings is 1. The van der Waals surface area contributed by atoms with E-state index in [1.54, 1.807) is 12.1 Å². The third-order valence-corrected chi connectivity index (χ3v) is 5.27. The first-order valence-corrected chi connectivity index (χ1v) is 9.31. The van der Waals surface area contributed by atoms with Crippen LogP contribution in [0.15, 0.2) is 30.5 Å². The van der Waals surface area contributed by atoms with Crippen LogP contribution in [0.3, 0.4) is 0 Å². The van der Waals surface area contributed by atoms with Gasteiger partial charge in [0.2, 0.25) is 0 Å². The molecular weight excluding hydrogens is 339 g/mol. The van der Waals surface area contributed by atoms with Gasteiger partial charge in [-0.15, -0.1) is 0 Å². The summed E-state index contributed by atoms with van der Waals surface area (Å²) in [6.45, 7) is 2.36. The molecule has 25 heavy (non-hydrogen) atoms. The molecule has 6 heteroatoms. The Kier molecular flexibility index (Phi) is 4.86. The van der Waals surface area contributed by atoms with Gasteiger partial charge in [0.05, 0.1) is 0 Å². The lowest BCUT2D eigenvalue weighted by atomic mass is 10.0. The maximum Gasteiger partial charge on any atom is 0.133 e. The van der Waals surface area contributed by atoms with Crippen molar-refractivity contribution in [3.63, 3.8) is 0 Å². The Labute approximate surface area is 152 Å². The van der Waals surface area contributed by atoms with E-state index >= 15 is 0 Å². The minimum absolute atomic E-state index is 0.229. The Morgan fingerprint density at radius 2 is 2.12 bits per heavy atom. The van der Waals surface area contributed by atoms with E-state index in [1.807, 2.05) is 12.3 Å². The van der Waals surface area contributed by atoms with E-state index in [-0.39, 0.29) is 5.82 Å². The molecule has 2 heterocycles. The SMILES string of the molecule is Fc1cccc(Cl)c1CN1CCCC(Nc2ccnc(C3CC3)n2)C1. The molecule has 1 saturated carbocycles. The van der Waals surface area contributed by atoms with Crippen molar-refractivity contribution >= 4 is 17.4 Å². The van der Waals surface area contributed by atoms with E-state index in [2.05, 4.69) is 20.2 Å². The Hall–Kier alpha value is -1.72. The Morgan fingerprint density at radius 3 is 2.92 bits per heavy atom. The minimum Gasteiger partial charge on any atom is -0.366 e. The first kappa shape index (κ1) is 16.7. The summed E-state index contributed by atoms with van der Waals surface area (Å²) in [6, 6.07) is 7.11.